The number of methoxy groups -OCH3 is 1. The number of benzene rings is 2. The Bertz CT molecular complexity index is 1020. The van der Waals surface area contributed by atoms with E-state index in [2.05, 4.69) is 23.9 Å². The number of hydrogen-bond acceptors (Lipinski definition) is 5. The molecule has 7 nitrogen and oxygen atoms in total. The van der Waals surface area contributed by atoms with Crippen molar-refractivity contribution in [1.82, 2.24) is 15.4 Å². The number of amides is 1. The van der Waals surface area contributed by atoms with Gasteiger partial charge in [0.1, 0.15) is 19.0 Å². The van der Waals surface area contributed by atoms with Gasteiger partial charge in [-0.15, -0.1) is 0 Å². The molecule has 0 aliphatic carbocycles. The molecule has 2 unspecified atom stereocenters. The summed E-state index contributed by atoms with van der Waals surface area (Å²) < 4.78 is 12.8. The van der Waals surface area contributed by atoms with Gasteiger partial charge >= 0.3 is 6.09 Å². The number of carbonyl (C=O) groups excluding carboxylic acids is 1. The normalized spacial score (nSPS) is 13.0. The lowest BCUT2D eigenvalue weighted by Gasteiger charge is -2.23. The summed E-state index contributed by atoms with van der Waals surface area (Å²) >= 11 is 0. The third kappa shape index (κ3) is 6.73. The highest BCUT2D eigenvalue weighted by Gasteiger charge is 2.19. The standard InChI is InChI=1S/C26H34N3O4/c1-5-6-8-16-24(27-26(30)32-18-21-13-9-7-10-14-21)28-33-20(3)29-17-23(31-4)25-19(2)12-11-15-22(25)29/h7,9-15,20,24,28H,5-6,8,16,18H2,1-4H3,(H,27,30). The number of nitrogens with one attached hydrogen (secondary N) is 2. The number of aromatic nitrogens is 1. The smallest absolute Gasteiger partial charge is 0.408 e. The lowest BCUT2D eigenvalue weighted by Crippen LogP contribution is -2.46. The van der Waals surface area contributed by atoms with Gasteiger partial charge < -0.3 is 19.4 Å². The lowest BCUT2D eigenvalue weighted by molar-refractivity contribution is -0.0768. The zero-order valence-electron chi connectivity index (χ0n) is 19.9. The molecule has 0 bridgehead atoms. The summed E-state index contributed by atoms with van der Waals surface area (Å²) in [6.45, 7) is 6.32. The average Bonchev–Trinajstić information content (AvgIpc) is 3.22. The fourth-order valence-electron chi connectivity index (χ4n) is 3.71. The van der Waals surface area contributed by atoms with Crippen molar-refractivity contribution in [2.24, 2.45) is 0 Å². The Kier molecular flexibility index (Phi) is 9.15. The van der Waals surface area contributed by atoms with Crippen LogP contribution >= 0.6 is 0 Å². The van der Waals surface area contributed by atoms with Crippen molar-refractivity contribution >= 4 is 17.0 Å². The van der Waals surface area contributed by atoms with Gasteiger partial charge in [-0.1, -0.05) is 62.2 Å². The highest BCUT2D eigenvalue weighted by atomic mass is 16.7. The summed E-state index contributed by atoms with van der Waals surface area (Å²) in [4.78, 5) is 18.3. The van der Waals surface area contributed by atoms with Gasteiger partial charge in [0.25, 0.3) is 0 Å². The maximum absolute atomic E-state index is 12.4. The number of unbranched alkanes of at least 4 members (excludes halogenated alkanes) is 2. The number of hydrogen-bond donors (Lipinski definition) is 2. The monoisotopic (exact) mass is 452 g/mol. The Morgan fingerprint density at radius 1 is 1.12 bits per heavy atom. The van der Waals surface area contributed by atoms with Gasteiger partial charge in [-0.2, -0.15) is 5.48 Å². The first-order chi connectivity index (χ1) is 16.0. The molecule has 1 amide bonds. The van der Waals surface area contributed by atoms with Crippen LogP contribution in [-0.2, 0) is 16.2 Å². The van der Waals surface area contributed by atoms with Crippen LogP contribution in [0.2, 0.25) is 0 Å². The minimum atomic E-state index is -0.487. The van der Waals surface area contributed by atoms with E-state index in [9.17, 15) is 4.79 Å². The quantitative estimate of drug-likeness (QED) is 0.212. The highest BCUT2D eigenvalue weighted by Crippen LogP contribution is 2.32. The first kappa shape index (κ1) is 24.6. The van der Waals surface area contributed by atoms with Crippen molar-refractivity contribution in [3.05, 3.63) is 65.9 Å². The Hall–Kier alpha value is -3.03. The number of aryl methyl sites for hydroxylation is 1. The molecule has 1 aromatic heterocycles. The molecule has 0 spiro atoms. The van der Waals surface area contributed by atoms with Gasteiger partial charge in [0.05, 0.1) is 12.6 Å². The topological polar surface area (TPSA) is 73.8 Å². The van der Waals surface area contributed by atoms with E-state index in [1.807, 2.05) is 66.9 Å². The number of hydroxylamine groups is 1. The van der Waals surface area contributed by atoms with Crippen LogP contribution in [0.5, 0.6) is 5.75 Å². The molecule has 3 rings (SSSR count). The van der Waals surface area contributed by atoms with E-state index in [4.69, 9.17) is 14.3 Å². The Morgan fingerprint density at radius 3 is 2.64 bits per heavy atom. The summed E-state index contributed by atoms with van der Waals surface area (Å²) in [7, 11) is 1.64. The number of rotatable bonds is 12. The number of carbonyl (C=O) groups is 1. The number of fused-ring (bicyclic) bond motifs is 1. The fourth-order valence-corrected chi connectivity index (χ4v) is 3.71. The molecule has 0 aliphatic rings. The molecule has 0 aliphatic heterocycles. The van der Waals surface area contributed by atoms with Crippen molar-refractivity contribution < 1.29 is 19.1 Å². The fraction of sp³-hybridized carbons (Fsp3) is 0.423. The van der Waals surface area contributed by atoms with Crippen LogP contribution in [-0.4, -0.2) is 23.9 Å². The van der Waals surface area contributed by atoms with Crippen LogP contribution in [0, 0.1) is 13.1 Å². The van der Waals surface area contributed by atoms with E-state index in [0.717, 1.165) is 47.7 Å². The van der Waals surface area contributed by atoms with Crippen LogP contribution in [0.15, 0.2) is 48.5 Å². The Balaban J connectivity index is 1.62. The summed E-state index contributed by atoms with van der Waals surface area (Å²) in [5.41, 5.74) is 6.04. The molecular weight excluding hydrogens is 418 g/mol. The van der Waals surface area contributed by atoms with Gasteiger partial charge in [-0.25, -0.2) is 4.79 Å². The molecular formula is C26H34N3O4. The summed E-state index contributed by atoms with van der Waals surface area (Å²) in [5, 5.41) is 3.89. The molecule has 1 radical (unpaired) electrons. The largest absolute Gasteiger partial charge is 0.494 e. The van der Waals surface area contributed by atoms with E-state index in [-0.39, 0.29) is 19.0 Å². The van der Waals surface area contributed by atoms with Crippen LogP contribution in [0.25, 0.3) is 10.9 Å². The predicted molar refractivity (Wildman–Crippen MR) is 129 cm³/mol. The second-order valence-corrected chi connectivity index (χ2v) is 8.07. The Labute approximate surface area is 196 Å². The molecule has 0 fully saturated rings. The van der Waals surface area contributed by atoms with Gasteiger partial charge in [0.2, 0.25) is 0 Å². The maximum atomic E-state index is 12.4. The molecule has 2 N–H and O–H groups in total. The average molecular weight is 453 g/mol. The van der Waals surface area contributed by atoms with Crippen molar-refractivity contribution in [2.75, 3.05) is 7.11 Å². The predicted octanol–water partition coefficient (Wildman–Crippen LogP) is 5.63. The molecule has 33 heavy (non-hydrogen) atoms. The third-order valence-electron chi connectivity index (χ3n) is 5.51. The van der Waals surface area contributed by atoms with Crippen LogP contribution < -0.4 is 15.5 Å². The van der Waals surface area contributed by atoms with E-state index in [1.165, 1.54) is 0 Å². The molecule has 2 aromatic carbocycles. The molecule has 7 heteroatoms. The first-order valence-corrected chi connectivity index (χ1v) is 11.5. The second-order valence-electron chi connectivity index (χ2n) is 8.07. The van der Waals surface area contributed by atoms with Crippen molar-refractivity contribution in [3.8, 4) is 5.75 Å². The molecule has 3 aromatic rings. The molecule has 0 saturated carbocycles. The summed E-state index contributed by atoms with van der Waals surface area (Å²) in [5.74, 6) is 0.681. The van der Waals surface area contributed by atoms with Gasteiger partial charge in [0.15, 0.2) is 12.0 Å². The summed E-state index contributed by atoms with van der Waals surface area (Å²) in [6.07, 6.45) is 5.84. The SMILES string of the molecule is CCCCCC(NOC(C)n1[c]c(OC)c2c(C)cccc21)NC(=O)OCc1ccccc1. The van der Waals surface area contributed by atoms with Gasteiger partial charge in [-0.3, -0.25) is 4.84 Å². The summed E-state index contributed by atoms with van der Waals surface area (Å²) in [6, 6.07) is 15.7. The zero-order valence-corrected chi connectivity index (χ0v) is 19.9. The lowest BCUT2D eigenvalue weighted by atomic mass is 10.1. The zero-order chi connectivity index (χ0) is 23.6. The Morgan fingerprint density at radius 2 is 1.91 bits per heavy atom. The van der Waals surface area contributed by atoms with Crippen LogP contribution in [0.4, 0.5) is 4.79 Å². The second kappa shape index (κ2) is 12.3. The van der Waals surface area contributed by atoms with E-state index in [1.54, 1.807) is 7.11 Å². The number of alkyl carbamates (subject to hydrolysis) is 1. The van der Waals surface area contributed by atoms with Crippen molar-refractivity contribution in [3.63, 3.8) is 0 Å². The first-order valence-electron chi connectivity index (χ1n) is 11.5. The van der Waals surface area contributed by atoms with Crippen molar-refractivity contribution in [1.29, 1.82) is 0 Å². The van der Waals surface area contributed by atoms with Crippen molar-refractivity contribution in [2.45, 2.75) is 65.5 Å². The minimum Gasteiger partial charge on any atom is -0.494 e. The highest BCUT2D eigenvalue weighted by molar-refractivity contribution is 5.89. The third-order valence-corrected chi connectivity index (χ3v) is 5.51. The number of nitrogens with zero attached hydrogens (tertiary/aromatic N) is 1. The molecule has 177 valence electrons. The van der Waals surface area contributed by atoms with Crippen LogP contribution in [0.1, 0.15) is 56.9 Å². The molecule has 1 heterocycles. The van der Waals surface area contributed by atoms with E-state index >= 15 is 0 Å². The van der Waals surface area contributed by atoms with Gasteiger partial charge in [0, 0.05) is 5.39 Å². The maximum Gasteiger partial charge on any atom is 0.408 e. The van der Waals surface area contributed by atoms with Crippen LogP contribution in [0.3, 0.4) is 0 Å². The minimum absolute atomic E-state index is 0.217. The molecule has 2 atom stereocenters. The van der Waals surface area contributed by atoms with Gasteiger partial charge in [-0.05, 0) is 43.9 Å². The molecule has 0 saturated heterocycles. The van der Waals surface area contributed by atoms with E-state index < -0.39 is 6.09 Å². The van der Waals surface area contributed by atoms with E-state index in [0.29, 0.717) is 5.75 Å². The number of ether oxygens (including phenoxy) is 2.